The first-order valence-electron chi connectivity index (χ1n) is 8.16. The predicted molar refractivity (Wildman–Crippen MR) is 94.4 cm³/mol. The van der Waals surface area contributed by atoms with E-state index in [9.17, 15) is 17.6 Å². The van der Waals surface area contributed by atoms with E-state index >= 15 is 0 Å². The molecule has 132 valence electrons. The fraction of sp³-hybridized carbons (Fsp3) is 0.316. The maximum Gasteiger partial charge on any atom is 0.254 e. The van der Waals surface area contributed by atoms with Crippen LogP contribution < -0.4 is 0 Å². The molecule has 0 saturated carbocycles. The highest BCUT2D eigenvalue weighted by Crippen LogP contribution is 2.33. The van der Waals surface area contributed by atoms with Crippen molar-refractivity contribution in [2.75, 3.05) is 12.8 Å². The smallest absolute Gasteiger partial charge is 0.254 e. The predicted octanol–water partition coefficient (Wildman–Crippen LogP) is 3.35. The molecule has 25 heavy (non-hydrogen) atoms. The number of hydrogen-bond donors (Lipinski definition) is 0. The standard InChI is InChI=1S/C19H20FNO3S/c1-25(23,24)13-14-4-6-16(7-5-14)19(22)21-12-2-3-18(21)15-8-10-17(20)11-9-15/h4-11,18H,2-3,12-13H2,1H3. The molecule has 1 atom stereocenters. The molecule has 0 N–H and O–H groups in total. The van der Waals surface area contributed by atoms with E-state index in [1.807, 2.05) is 0 Å². The molecule has 1 amide bonds. The Kier molecular flexibility index (Phi) is 4.90. The monoisotopic (exact) mass is 361 g/mol. The summed E-state index contributed by atoms with van der Waals surface area (Å²) in [6.45, 7) is 0.659. The van der Waals surface area contributed by atoms with Crippen molar-refractivity contribution in [3.63, 3.8) is 0 Å². The van der Waals surface area contributed by atoms with Crippen LogP contribution in [0.5, 0.6) is 0 Å². The minimum Gasteiger partial charge on any atom is -0.332 e. The summed E-state index contributed by atoms with van der Waals surface area (Å²) in [6.07, 6.45) is 2.94. The van der Waals surface area contributed by atoms with E-state index in [0.717, 1.165) is 18.4 Å². The third-order valence-corrected chi connectivity index (χ3v) is 5.26. The topological polar surface area (TPSA) is 54.5 Å². The minimum atomic E-state index is -3.10. The van der Waals surface area contributed by atoms with Crippen molar-refractivity contribution in [2.45, 2.75) is 24.6 Å². The van der Waals surface area contributed by atoms with E-state index in [4.69, 9.17) is 0 Å². The molecule has 3 rings (SSSR count). The number of carbonyl (C=O) groups is 1. The lowest BCUT2D eigenvalue weighted by atomic mass is 10.0. The lowest BCUT2D eigenvalue weighted by molar-refractivity contribution is 0.0735. The van der Waals surface area contributed by atoms with Crippen molar-refractivity contribution in [1.82, 2.24) is 4.90 Å². The molecule has 0 spiro atoms. The van der Waals surface area contributed by atoms with Crippen molar-refractivity contribution in [1.29, 1.82) is 0 Å². The Morgan fingerprint density at radius 2 is 1.76 bits per heavy atom. The number of carbonyl (C=O) groups excluding carboxylic acids is 1. The van der Waals surface area contributed by atoms with Crippen molar-refractivity contribution < 1.29 is 17.6 Å². The minimum absolute atomic E-state index is 0.0383. The van der Waals surface area contributed by atoms with Crippen LogP contribution in [-0.4, -0.2) is 32.0 Å². The molecule has 4 nitrogen and oxygen atoms in total. The Hall–Kier alpha value is -2.21. The summed E-state index contributed by atoms with van der Waals surface area (Å²) in [7, 11) is -3.10. The van der Waals surface area contributed by atoms with E-state index in [1.54, 1.807) is 41.3 Å². The lowest BCUT2D eigenvalue weighted by Crippen LogP contribution is -2.30. The summed E-state index contributed by atoms with van der Waals surface area (Å²) in [4.78, 5) is 14.6. The molecule has 1 saturated heterocycles. The van der Waals surface area contributed by atoms with Crippen molar-refractivity contribution in [3.05, 3.63) is 71.0 Å². The summed E-state index contributed by atoms with van der Waals surface area (Å²) in [5, 5.41) is 0. The molecule has 0 radical (unpaired) electrons. The Morgan fingerprint density at radius 1 is 1.12 bits per heavy atom. The number of nitrogens with zero attached hydrogens (tertiary/aromatic N) is 1. The Balaban J connectivity index is 1.78. The van der Waals surface area contributed by atoms with Crippen LogP contribution in [0.2, 0.25) is 0 Å². The molecule has 0 aromatic heterocycles. The SMILES string of the molecule is CS(=O)(=O)Cc1ccc(C(=O)N2CCCC2c2ccc(F)cc2)cc1. The van der Waals surface area contributed by atoms with Crippen LogP contribution in [0.1, 0.15) is 40.4 Å². The maximum atomic E-state index is 13.1. The third-order valence-electron chi connectivity index (χ3n) is 4.40. The van der Waals surface area contributed by atoms with Crippen LogP contribution in [0.3, 0.4) is 0 Å². The molecule has 2 aromatic carbocycles. The Labute approximate surface area is 147 Å². The first-order chi connectivity index (χ1) is 11.8. The van der Waals surface area contributed by atoms with E-state index in [1.165, 1.54) is 18.4 Å². The van der Waals surface area contributed by atoms with Crippen LogP contribution in [0, 0.1) is 5.82 Å². The maximum absolute atomic E-state index is 13.1. The fourth-order valence-electron chi connectivity index (χ4n) is 3.25. The zero-order valence-electron chi connectivity index (χ0n) is 14.0. The van der Waals surface area contributed by atoms with Gasteiger partial charge in [-0.25, -0.2) is 12.8 Å². The van der Waals surface area contributed by atoms with Gasteiger partial charge in [-0.05, 0) is 48.2 Å². The number of amides is 1. The average molecular weight is 361 g/mol. The van der Waals surface area contributed by atoms with Crippen LogP contribution in [0.15, 0.2) is 48.5 Å². The highest BCUT2D eigenvalue weighted by Gasteiger charge is 2.30. The molecule has 1 fully saturated rings. The first-order valence-corrected chi connectivity index (χ1v) is 10.2. The highest BCUT2D eigenvalue weighted by molar-refractivity contribution is 7.89. The molecule has 1 heterocycles. The third kappa shape index (κ3) is 4.25. The summed E-state index contributed by atoms with van der Waals surface area (Å²) in [5.74, 6) is -0.414. The van der Waals surface area contributed by atoms with Gasteiger partial charge in [0.2, 0.25) is 0 Å². The zero-order chi connectivity index (χ0) is 18.0. The van der Waals surface area contributed by atoms with Gasteiger partial charge in [-0.3, -0.25) is 4.79 Å². The van der Waals surface area contributed by atoms with Crippen LogP contribution in [-0.2, 0) is 15.6 Å². The van der Waals surface area contributed by atoms with Crippen molar-refractivity contribution in [3.8, 4) is 0 Å². The van der Waals surface area contributed by atoms with E-state index < -0.39 is 9.84 Å². The second kappa shape index (κ2) is 6.96. The molecule has 1 aliphatic rings. The van der Waals surface area contributed by atoms with Crippen LogP contribution in [0.25, 0.3) is 0 Å². The van der Waals surface area contributed by atoms with Gasteiger partial charge in [-0.2, -0.15) is 0 Å². The molecule has 0 bridgehead atoms. The van der Waals surface area contributed by atoms with Crippen molar-refractivity contribution in [2.24, 2.45) is 0 Å². The van der Waals surface area contributed by atoms with E-state index in [-0.39, 0.29) is 23.5 Å². The van der Waals surface area contributed by atoms with Gasteiger partial charge in [-0.1, -0.05) is 24.3 Å². The Morgan fingerprint density at radius 3 is 2.36 bits per heavy atom. The van der Waals surface area contributed by atoms with Gasteiger partial charge in [0.1, 0.15) is 5.82 Å². The number of rotatable bonds is 4. The molecule has 6 heteroatoms. The second-order valence-corrected chi connectivity index (χ2v) is 8.62. The molecule has 1 aliphatic heterocycles. The number of likely N-dealkylation sites (tertiary alicyclic amines) is 1. The number of benzene rings is 2. The van der Waals surface area contributed by atoms with E-state index in [2.05, 4.69) is 0 Å². The summed E-state index contributed by atoms with van der Waals surface area (Å²) < 4.78 is 35.8. The molecule has 1 unspecified atom stereocenters. The molecule has 0 aliphatic carbocycles. The van der Waals surface area contributed by atoms with Gasteiger partial charge < -0.3 is 4.90 Å². The summed E-state index contributed by atoms with van der Waals surface area (Å²) >= 11 is 0. The molecular formula is C19H20FNO3S. The summed E-state index contributed by atoms with van der Waals surface area (Å²) in [5.41, 5.74) is 2.13. The van der Waals surface area contributed by atoms with Gasteiger partial charge in [0.25, 0.3) is 5.91 Å². The number of sulfone groups is 1. The Bertz CT molecular complexity index is 861. The number of halogens is 1. The van der Waals surface area contributed by atoms with Crippen molar-refractivity contribution >= 4 is 15.7 Å². The lowest BCUT2D eigenvalue weighted by Gasteiger charge is -2.25. The average Bonchev–Trinajstić information content (AvgIpc) is 3.04. The van der Waals surface area contributed by atoms with Gasteiger partial charge >= 0.3 is 0 Å². The van der Waals surface area contributed by atoms with E-state index in [0.29, 0.717) is 17.7 Å². The quantitative estimate of drug-likeness (QED) is 0.839. The summed E-state index contributed by atoms with van der Waals surface area (Å²) in [6, 6.07) is 12.9. The van der Waals surface area contributed by atoms with Gasteiger partial charge in [-0.15, -0.1) is 0 Å². The van der Waals surface area contributed by atoms with Gasteiger partial charge in [0.15, 0.2) is 9.84 Å². The largest absolute Gasteiger partial charge is 0.332 e. The molecule has 2 aromatic rings. The van der Waals surface area contributed by atoms with Gasteiger partial charge in [0, 0.05) is 18.4 Å². The second-order valence-electron chi connectivity index (χ2n) is 6.48. The van der Waals surface area contributed by atoms with Crippen LogP contribution >= 0.6 is 0 Å². The molecular weight excluding hydrogens is 341 g/mol. The first kappa shape index (κ1) is 17.6. The van der Waals surface area contributed by atoms with Crippen LogP contribution in [0.4, 0.5) is 4.39 Å². The zero-order valence-corrected chi connectivity index (χ0v) is 14.8. The number of hydrogen-bond acceptors (Lipinski definition) is 3. The highest BCUT2D eigenvalue weighted by atomic mass is 32.2. The fourth-order valence-corrected chi connectivity index (χ4v) is 4.05. The normalized spacial score (nSPS) is 17.7. The van der Waals surface area contributed by atoms with Gasteiger partial charge in [0.05, 0.1) is 11.8 Å².